The summed E-state index contributed by atoms with van der Waals surface area (Å²) in [4.78, 5) is 21.3. The van der Waals surface area contributed by atoms with Crippen molar-refractivity contribution in [2.45, 2.75) is 81.2 Å². The maximum atomic E-state index is 12.5. The lowest BCUT2D eigenvalue weighted by Crippen LogP contribution is -2.35. The van der Waals surface area contributed by atoms with Crippen LogP contribution < -0.4 is 15.5 Å². The summed E-state index contributed by atoms with van der Waals surface area (Å²) in [5.74, 6) is 3.94. The molecule has 0 aliphatic carbocycles. The molecular formula is C33H45Cl2N7O4S2. The number of aromatic nitrogens is 4. The van der Waals surface area contributed by atoms with E-state index in [1.165, 1.54) is 5.56 Å². The maximum Gasteiger partial charge on any atom is 0.227 e. The molecule has 0 radical (unpaired) electrons. The molecule has 15 heteroatoms. The molecule has 4 N–H and O–H groups in total. The van der Waals surface area contributed by atoms with Crippen molar-refractivity contribution >= 4 is 62.4 Å². The van der Waals surface area contributed by atoms with Crippen molar-refractivity contribution in [2.24, 2.45) is 11.8 Å². The van der Waals surface area contributed by atoms with E-state index in [1.807, 2.05) is 26.0 Å². The van der Waals surface area contributed by atoms with E-state index < -0.39 is 21.6 Å². The molecule has 2 aromatic heterocycles. The largest absolute Gasteiger partial charge is 0.394 e. The molecule has 2 unspecified atom stereocenters. The van der Waals surface area contributed by atoms with Crippen molar-refractivity contribution in [1.82, 2.24) is 19.9 Å². The highest BCUT2D eigenvalue weighted by molar-refractivity contribution is 7.85. The van der Waals surface area contributed by atoms with Crippen LogP contribution in [0.15, 0.2) is 34.1 Å². The van der Waals surface area contributed by atoms with Gasteiger partial charge in [0.15, 0.2) is 0 Å². The molecule has 3 aromatic rings. The van der Waals surface area contributed by atoms with Crippen LogP contribution in [0.3, 0.4) is 0 Å². The van der Waals surface area contributed by atoms with E-state index in [9.17, 15) is 18.6 Å². The van der Waals surface area contributed by atoms with E-state index in [-0.39, 0.29) is 42.4 Å². The van der Waals surface area contributed by atoms with Crippen molar-refractivity contribution in [3.8, 4) is 0 Å². The van der Waals surface area contributed by atoms with Gasteiger partial charge in [-0.3, -0.25) is 8.42 Å². The number of anilines is 3. The number of halogens is 2. The van der Waals surface area contributed by atoms with E-state index in [2.05, 4.69) is 51.5 Å². The van der Waals surface area contributed by atoms with Gasteiger partial charge in [0.1, 0.15) is 21.4 Å². The van der Waals surface area contributed by atoms with Crippen LogP contribution in [-0.4, -0.2) is 88.5 Å². The summed E-state index contributed by atoms with van der Waals surface area (Å²) in [6, 6.07) is 7.87. The van der Waals surface area contributed by atoms with Gasteiger partial charge in [-0.15, -0.1) is 0 Å². The van der Waals surface area contributed by atoms with E-state index in [4.69, 9.17) is 33.2 Å². The molecule has 3 aliphatic rings. The number of fused-ring (bicyclic) bond motifs is 2. The lowest BCUT2D eigenvalue weighted by atomic mass is 9.89. The fourth-order valence-electron chi connectivity index (χ4n) is 6.03. The van der Waals surface area contributed by atoms with Gasteiger partial charge < -0.3 is 25.7 Å². The standard InChI is InChI=1S/C22H29ClN4O2S.C11H16ClN3O2S/c1-14(2)19(13-28)24-21-20-18(9-12-30(20)29)25-22(26-21)27-10-7-16(8-11-27)15-3-5-17(23)6-4-15;1-6(2)8(5-16)13-10-9-7(3-4-18(9)17)14-11(12)15-10/h3-6,14,16,19,28H,7-13H2,1-2H3,(H,24,25,26);6,8,16H,3-5H2,1-2H3,(H,13,14,15)/t19-,30?;8-,18?/m00/s1. The van der Waals surface area contributed by atoms with Crippen LogP contribution in [0.4, 0.5) is 17.6 Å². The van der Waals surface area contributed by atoms with Gasteiger partial charge in [-0.05, 0) is 59.9 Å². The molecule has 1 fully saturated rings. The highest BCUT2D eigenvalue weighted by Gasteiger charge is 2.31. The second kappa shape index (κ2) is 16.5. The monoisotopic (exact) mass is 737 g/mol. The van der Waals surface area contributed by atoms with Crippen LogP contribution in [0.1, 0.15) is 63.4 Å². The molecule has 0 saturated carbocycles. The molecule has 3 aliphatic heterocycles. The van der Waals surface area contributed by atoms with Crippen LogP contribution in [0.2, 0.25) is 10.3 Å². The van der Waals surface area contributed by atoms with Crippen molar-refractivity contribution in [3.05, 3.63) is 51.5 Å². The molecule has 0 amide bonds. The first-order chi connectivity index (χ1) is 23.0. The molecule has 1 aromatic carbocycles. The summed E-state index contributed by atoms with van der Waals surface area (Å²) in [6.07, 6.45) is 3.42. The van der Waals surface area contributed by atoms with E-state index in [0.29, 0.717) is 57.6 Å². The van der Waals surface area contributed by atoms with Crippen LogP contribution in [0.25, 0.3) is 0 Å². The number of piperidine rings is 1. The van der Waals surface area contributed by atoms with Crippen LogP contribution in [0.5, 0.6) is 0 Å². The number of hydrogen-bond acceptors (Lipinski definition) is 11. The first-order valence-electron chi connectivity index (χ1n) is 16.5. The third kappa shape index (κ3) is 8.65. The third-order valence-electron chi connectivity index (χ3n) is 9.10. The van der Waals surface area contributed by atoms with Gasteiger partial charge >= 0.3 is 0 Å². The Bertz CT molecular complexity index is 1620. The predicted octanol–water partition coefficient (Wildman–Crippen LogP) is 4.83. The number of nitrogens with zero attached hydrogens (tertiary/aromatic N) is 5. The summed E-state index contributed by atoms with van der Waals surface area (Å²) in [5.41, 5.74) is 2.95. The fraction of sp³-hybridized carbons (Fsp3) is 0.576. The predicted molar refractivity (Wildman–Crippen MR) is 193 cm³/mol. The molecule has 48 heavy (non-hydrogen) atoms. The summed E-state index contributed by atoms with van der Waals surface area (Å²) in [6.45, 7) is 9.83. The van der Waals surface area contributed by atoms with Crippen LogP contribution in [0, 0.1) is 11.8 Å². The SMILES string of the molecule is CC(C)[C@H](CO)Nc1nc(Cl)nc2c1S(=O)CC2.CC(C)[C@H](CO)Nc1nc(N2CCC(c3ccc(Cl)cc3)CC2)nc2c1S(=O)CC2. The van der Waals surface area contributed by atoms with Crippen molar-refractivity contribution in [3.63, 3.8) is 0 Å². The minimum absolute atomic E-state index is 0.00486. The van der Waals surface area contributed by atoms with E-state index >= 15 is 0 Å². The van der Waals surface area contributed by atoms with Gasteiger partial charge in [-0.25, -0.2) is 9.97 Å². The average molecular weight is 739 g/mol. The summed E-state index contributed by atoms with van der Waals surface area (Å²) in [7, 11) is -2.16. The van der Waals surface area contributed by atoms with Gasteiger partial charge in [0.25, 0.3) is 0 Å². The van der Waals surface area contributed by atoms with Crippen molar-refractivity contribution in [1.29, 1.82) is 0 Å². The average Bonchev–Trinajstić information content (AvgIpc) is 3.64. The Hall–Kier alpha value is -2.42. The van der Waals surface area contributed by atoms with Gasteiger partial charge in [-0.2, -0.15) is 9.97 Å². The van der Waals surface area contributed by atoms with E-state index in [0.717, 1.165) is 42.3 Å². The van der Waals surface area contributed by atoms with Crippen molar-refractivity contribution < 1.29 is 18.6 Å². The maximum absolute atomic E-state index is 12.5. The highest BCUT2D eigenvalue weighted by atomic mass is 35.5. The Kier molecular flexibility index (Phi) is 12.7. The quantitative estimate of drug-likeness (QED) is 0.212. The number of rotatable bonds is 10. The Morgan fingerprint density at radius 3 is 1.79 bits per heavy atom. The Morgan fingerprint density at radius 2 is 1.29 bits per heavy atom. The van der Waals surface area contributed by atoms with Gasteiger partial charge in [0.05, 0.1) is 58.3 Å². The van der Waals surface area contributed by atoms with Crippen LogP contribution >= 0.6 is 23.2 Å². The Morgan fingerprint density at radius 1 is 0.792 bits per heavy atom. The minimum Gasteiger partial charge on any atom is -0.394 e. The Labute approximate surface area is 297 Å². The molecule has 11 nitrogen and oxygen atoms in total. The second-order valence-corrected chi connectivity index (χ2v) is 16.8. The fourth-order valence-corrected chi connectivity index (χ4v) is 8.97. The molecular weight excluding hydrogens is 693 g/mol. The lowest BCUT2D eigenvalue weighted by Gasteiger charge is -2.33. The number of benzene rings is 1. The number of hydrogen-bond donors (Lipinski definition) is 4. The molecule has 0 bridgehead atoms. The molecule has 4 atom stereocenters. The zero-order valence-corrected chi connectivity index (χ0v) is 30.9. The van der Waals surface area contributed by atoms with Crippen LogP contribution in [-0.2, 0) is 34.4 Å². The molecule has 6 rings (SSSR count). The van der Waals surface area contributed by atoms with Gasteiger partial charge in [0.2, 0.25) is 11.2 Å². The Balaban J connectivity index is 0.000000214. The number of nitrogens with one attached hydrogen (secondary N) is 2. The van der Waals surface area contributed by atoms with Gasteiger partial charge in [-0.1, -0.05) is 51.4 Å². The van der Waals surface area contributed by atoms with Crippen molar-refractivity contribution in [2.75, 3.05) is 53.3 Å². The van der Waals surface area contributed by atoms with E-state index in [1.54, 1.807) is 0 Å². The lowest BCUT2D eigenvalue weighted by molar-refractivity contribution is 0.248. The topological polar surface area (TPSA) is 153 Å². The molecule has 5 heterocycles. The number of aliphatic hydroxyl groups excluding tert-OH is 2. The van der Waals surface area contributed by atoms with Gasteiger partial charge in [0, 0.05) is 42.5 Å². The normalized spacial score (nSPS) is 20.2. The third-order valence-corrected chi connectivity index (χ3v) is 12.4. The number of aliphatic hydroxyl groups is 2. The number of aryl methyl sites for hydroxylation is 2. The smallest absolute Gasteiger partial charge is 0.227 e. The zero-order valence-electron chi connectivity index (χ0n) is 27.8. The summed E-state index contributed by atoms with van der Waals surface area (Å²) >= 11 is 11.9. The first-order valence-corrected chi connectivity index (χ1v) is 19.9. The minimum atomic E-state index is -1.09. The highest BCUT2D eigenvalue weighted by Crippen LogP contribution is 2.34. The molecule has 0 spiro atoms. The second-order valence-electron chi connectivity index (χ2n) is 13.0. The summed E-state index contributed by atoms with van der Waals surface area (Å²) in [5, 5.41) is 26.5. The molecule has 262 valence electrons. The zero-order chi connectivity index (χ0) is 34.5. The molecule has 1 saturated heterocycles. The first kappa shape index (κ1) is 36.9. The summed E-state index contributed by atoms with van der Waals surface area (Å²) < 4.78 is 24.5.